The van der Waals surface area contributed by atoms with Crippen LogP contribution >= 0.6 is 24.0 Å². The first-order valence-electron chi connectivity index (χ1n) is 9.01. The maximum absolute atomic E-state index is 6.19. The molecule has 0 aromatic heterocycles. The number of aliphatic imine (C=N–C) groups is 1. The van der Waals surface area contributed by atoms with Crippen LogP contribution in [0.5, 0.6) is 5.75 Å². The van der Waals surface area contributed by atoms with Gasteiger partial charge in [-0.3, -0.25) is 0 Å². The Labute approximate surface area is 169 Å². The van der Waals surface area contributed by atoms with Crippen LogP contribution in [0.25, 0.3) is 0 Å². The van der Waals surface area contributed by atoms with E-state index < -0.39 is 0 Å². The Morgan fingerprint density at radius 2 is 2.00 bits per heavy atom. The van der Waals surface area contributed by atoms with Crippen molar-refractivity contribution >= 4 is 29.9 Å². The van der Waals surface area contributed by atoms with Crippen LogP contribution in [0.2, 0.25) is 0 Å². The van der Waals surface area contributed by atoms with Crippen LogP contribution in [0.1, 0.15) is 45.1 Å². The number of benzene rings is 1. The van der Waals surface area contributed by atoms with E-state index in [-0.39, 0.29) is 30.0 Å². The fourth-order valence-electron chi connectivity index (χ4n) is 2.94. The monoisotopic (exact) mass is 461 g/mol. The Hall–Kier alpha value is -1.02. The molecule has 0 spiro atoms. The van der Waals surface area contributed by atoms with Crippen LogP contribution in [0, 0.1) is 0 Å². The van der Waals surface area contributed by atoms with Crippen molar-refractivity contribution in [1.29, 1.82) is 0 Å². The molecule has 1 unspecified atom stereocenters. The molecule has 1 saturated carbocycles. The van der Waals surface area contributed by atoms with E-state index in [1.54, 1.807) is 7.11 Å². The Morgan fingerprint density at radius 3 is 2.68 bits per heavy atom. The highest BCUT2D eigenvalue weighted by Gasteiger charge is 2.17. The highest BCUT2D eigenvalue weighted by molar-refractivity contribution is 14.0. The highest BCUT2D eigenvalue weighted by Crippen LogP contribution is 2.26. The van der Waals surface area contributed by atoms with E-state index in [9.17, 15) is 0 Å². The van der Waals surface area contributed by atoms with Gasteiger partial charge in [0.1, 0.15) is 5.75 Å². The molecule has 25 heavy (non-hydrogen) atoms. The first-order chi connectivity index (χ1) is 11.7. The molecule has 1 atom stereocenters. The van der Waals surface area contributed by atoms with Gasteiger partial charge < -0.3 is 20.1 Å². The number of hydrogen-bond donors (Lipinski definition) is 2. The molecular formula is C19H32IN3O2. The average Bonchev–Trinajstić information content (AvgIpc) is 3.07. The average molecular weight is 461 g/mol. The highest BCUT2D eigenvalue weighted by atomic mass is 127. The smallest absolute Gasteiger partial charge is 0.191 e. The van der Waals surface area contributed by atoms with Gasteiger partial charge in [0.15, 0.2) is 5.96 Å². The molecule has 6 heteroatoms. The van der Waals surface area contributed by atoms with E-state index in [4.69, 9.17) is 14.5 Å². The second-order valence-corrected chi connectivity index (χ2v) is 6.33. The Morgan fingerprint density at radius 1 is 1.28 bits per heavy atom. The van der Waals surface area contributed by atoms with Gasteiger partial charge >= 0.3 is 0 Å². The van der Waals surface area contributed by atoms with Crippen molar-refractivity contribution in [2.24, 2.45) is 4.99 Å². The number of halogens is 1. The minimum atomic E-state index is 0. The Balaban J connectivity index is 0.00000312. The molecule has 0 aliphatic heterocycles. The summed E-state index contributed by atoms with van der Waals surface area (Å²) in [5.74, 6) is 1.77. The lowest BCUT2D eigenvalue weighted by molar-refractivity contribution is 0.179. The fourth-order valence-corrected chi connectivity index (χ4v) is 2.94. The van der Waals surface area contributed by atoms with Crippen molar-refractivity contribution in [3.05, 3.63) is 29.8 Å². The number of nitrogens with one attached hydrogen (secondary N) is 2. The lowest BCUT2D eigenvalue weighted by Gasteiger charge is -2.18. The molecule has 142 valence electrons. The maximum atomic E-state index is 6.19. The molecule has 0 radical (unpaired) electrons. The number of guanidine groups is 1. The zero-order chi connectivity index (χ0) is 17.2. The van der Waals surface area contributed by atoms with Gasteiger partial charge in [-0.15, -0.1) is 24.0 Å². The molecule has 1 aliphatic carbocycles. The normalized spacial score (nSPS) is 16.2. The van der Waals surface area contributed by atoms with Crippen LogP contribution in [0.3, 0.4) is 0 Å². The summed E-state index contributed by atoms with van der Waals surface area (Å²) in [6.07, 6.45) is 5.24. The quantitative estimate of drug-likeness (QED) is 0.352. The predicted molar refractivity (Wildman–Crippen MR) is 114 cm³/mol. The predicted octanol–water partition coefficient (Wildman–Crippen LogP) is 3.72. The number of rotatable bonds is 8. The zero-order valence-corrected chi connectivity index (χ0v) is 17.9. The summed E-state index contributed by atoms with van der Waals surface area (Å²) in [4.78, 5) is 4.70. The van der Waals surface area contributed by atoms with Crippen molar-refractivity contribution in [3.63, 3.8) is 0 Å². The van der Waals surface area contributed by atoms with E-state index in [1.807, 2.05) is 12.1 Å². The molecule has 0 bridgehead atoms. The van der Waals surface area contributed by atoms with Gasteiger partial charge in [-0.05, 0) is 45.6 Å². The second kappa shape index (κ2) is 12.4. The molecule has 0 amide bonds. The van der Waals surface area contributed by atoms with Gasteiger partial charge in [-0.25, -0.2) is 4.99 Å². The van der Waals surface area contributed by atoms with Crippen LogP contribution < -0.4 is 15.4 Å². The summed E-state index contributed by atoms with van der Waals surface area (Å²) in [6.45, 7) is 6.21. The zero-order valence-electron chi connectivity index (χ0n) is 15.6. The molecule has 1 aliphatic rings. The largest absolute Gasteiger partial charge is 0.490 e. The third-order valence-electron chi connectivity index (χ3n) is 4.12. The molecule has 0 heterocycles. The van der Waals surface area contributed by atoms with E-state index >= 15 is 0 Å². The molecule has 1 aromatic carbocycles. The number of methoxy groups -OCH3 is 1. The summed E-state index contributed by atoms with van der Waals surface area (Å²) in [5, 5.41) is 6.63. The third kappa shape index (κ3) is 7.81. The number of nitrogens with zero attached hydrogens (tertiary/aromatic N) is 1. The third-order valence-corrected chi connectivity index (χ3v) is 4.12. The molecular weight excluding hydrogens is 429 g/mol. The van der Waals surface area contributed by atoms with E-state index in [2.05, 4.69) is 36.6 Å². The maximum Gasteiger partial charge on any atom is 0.191 e. The van der Waals surface area contributed by atoms with Crippen LogP contribution in [0.4, 0.5) is 0 Å². The Bertz CT molecular complexity index is 519. The SMILES string of the molecule is CCNC(=NCc1ccccc1OC1CCCC1)NC(C)COC.I. The molecule has 2 rings (SSSR count). The van der Waals surface area contributed by atoms with Gasteiger partial charge in [-0.2, -0.15) is 0 Å². The summed E-state index contributed by atoms with van der Waals surface area (Å²) >= 11 is 0. The van der Waals surface area contributed by atoms with Gasteiger partial charge in [0.05, 0.1) is 19.3 Å². The van der Waals surface area contributed by atoms with E-state index in [0.29, 0.717) is 19.3 Å². The van der Waals surface area contributed by atoms with Crippen molar-refractivity contribution < 1.29 is 9.47 Å². The number of ether oxygens (including phenoxy) is 2. The summed E-state index contributed by atoms with van der Waals surface area (Å²) < 4.78 is 11.4. The summed E-state index contributed by atoms with van der Waals surface area (Å²) in [7, 11) is 1.71. The second-order valence-electron chi connectivity index (χ2n) is 6.33. The van der Waals surface area contributed by atoms with E-state index in [1.165, 1.54) is 12.8 Å². The van der Waals surface area contributed by atoms with Crippen molar-refractivity contribution in [3.8, 4) is 5.75 Å². The lowest BCUT2D eigenvalue weighted by atomic mass is 10.2. The fraction of sp³-hybridized carbons (Fsp3) is 0.632. The van der Waals surface area contributed by atoms with Crippen molar-refractivity contribution in [2.45, 2.75) is 58.2 Å². The minimum Gasteiger partial charge on any atom is -0.490 e. The van der Waals surface area contributed by atoms with Gasteiger partial charge in [0.2, 0.25) is 0 Å². The van der Waals surface area contributed by atoms with Crippen LogP contribution in [0.15, 0.2) is 29.3 Å². The first-order valence-corrected chi connectivity index (χ1v) is 9.01. The van der Waals surface area contributed by atoms with Crippen LogP contribution in [-0.2, 0) is 11.3 Å². The van der Waals surface area contributed by atoms with Crippen molar-refractivity contribution in [2.75, 3.05) is 20.3 Å². The number of para-hydroxylation sites is 1. The minimum absolute atomic E-state index is 0. The molecule has 0 saturated heterocycles. The van der Waals surface area contributed by atoms with Crippen molar-refractivity contribution in [1.82, 2.24) is 10.6 Å². The summed E-state index contributed by atoms with van der Waals surface area (Å²) in [5.41, 5.74) is 1.13. The first kappa shape index (κ1) is 22.0. The molecule has 5 nitrogen and oxygen atoms in total. The van der Waals surface area contributed by atoms with Gasteiger partial charge in [-0.1, -0.05) is 18.2 Å². The Kier molecular flexibility index (Phi) is 10.9. The summed E-state index contributed by atoms with van der Waals surface area (Å²) in [6, 6.07) is 8.42. The number of hydrogen-bond acceptors (Lipinski definition) is 3. The lowest BCUT2D eigenvalue weighted by Crippen LogP contribution is -2.43. The van der Waals surface area contributed by atoms with Gasteiger partial charge in [0, 0.05) is 25.3 Å². The molecule has 2 N–H and O–H groups in total. The molecule has 1 aromatic rings. The molecule has 1 fully saturated rings. The van der Waals surface area contributed by atoms with Gasteiger partial charge in [0.25, 0.3) is 0 Å². The standard InChI is InChI=1S/C19H31N3O2.HI/c1-4-20-19(22-15(2)14-23-3)21-13-16-9-5-8-12-18(16)24-17-10-6-7-11-17;/h5,8-9,12,15,17H,4,6-7,10-11,13-14H2,1-3H3,(H2,20,21,22);1H. The van der Waals surface area contributed by atoms with E-state index in [0.717, 1.165) is 36.7 Å². The topological polar surface area (TPSA) is 54.9 Å². The van der Waals surface area contributed by atoms with Crippen LogP contribution in [-0.4, -0.2) is 38.4 Å².